The highest BCUT2D eigenvalue weighted by Crippen LogP contribution is 2.42. The molecule has 1 aliphatic rings. The van der Waals surface area contributed by atoms with E-state index in [2.05, 4.69) is 33.1 Å². The second-order valence-corrected chi connectivity index (χ2v) is 5.58. The summed E-state index contributed by atoms with van der Waals surface area (Å²) in [5.74, 6) is 0.786. The summed E-state index contributed by atoms with van der Waals surface area (Å²) in [5, 5.41) is 13.8. The number of aromatic hydroxyl groups is 1. The molecule has 106 valence electrons. The van der Waals surface area contributed by atoms with Crippen molar-refractivity contribution >= 4 is 15.9 Å². The molecule has 0 saturated carbocycles. The molecule has 1 aliphatic heterocycles. The molecule has 1 saturated heterocycles. The predicted molar refractivity (Wildman–Crippen MR) is 79.8 cm³/mol. The van der Waals surface area contributed by atoms with Gasteiger partial charge in [0.05, 0.1) is 7.11 Å². The first-order valence-corrected chi connectivity index (χ1v) is 7.48. The Hall–Kier alpha value is -0.780. The number of rotatable bonds is 4. The van der Waals surface area contributed by atoms with Crippen molar-refractivity contribution in [3.8, 4) is 11.5 Å². The summed E-state index contributed by atoms with van der Waals surface area (Å²) in [5.41, 5.74) is 0.934. The van der Waals surface area contributed by atoms with E-state index in [-0.39, 0.29) is 11.8 Å². The number of piperazine rings is 1. The van der Waals surface area contributed by atoms with Crippen LogP contribution in [0.2, 0.25) is 0 Å². The Morgan fingerprint density at radius 2 is 2.11 bits per heavy atom. The molecule has 0 unspecified atom stereocenters. The number of hydrogen-bond acceptors (Lipinski definition) is 4. The molecule has 1 heterocycles. The van der Waals surface area contributed by atoms with Gasteiger partial charge in [-0.15, -0.1) is 0 Å². The molecule has 0 aromatic heterocycles. The topological polar surface area (TPSA) is 44.7 Å². The lowest BCUT2D eigenvalue weighted by atomic mass is 10.0. The molecular formula is C14H21BrN2O2. The zero-order valence-corrected chi connectivity index (χ0v) is 13.0. The summed E-state index contributed by atoms with van der Waals surface area (Å²) >= 11 is 3.56. The van der Waals surface area contributed by atoms with E-state index in [0.717, 1.165) is 42.6 Å². The Balaban J connectivity index is 2.36. The summed E-state index contributed by atoms with van der Waals surface area (Å²) in [4.78, 5) is 2.41. The van der Waals surface area contributed by atoms with E-state index in [0.29, 0.717) is 5.75 Å². The molecule has 0 amide bonds. The third-order valence-corrected chi connectivity index (χ3v) is 4.35. The van der Waals surface area contributed by atoms with Crippen LogP contribution in [0.4, 0.5) is 0 Å². The molecule has 2 rings (SSSR count). The van der Waals surface area contributed by atoms with Gasteiger partial charge < -0.3 is 15.2 Å². The Morgan fingerprint density at radius 1 is 1.42 bits per heavy atom. The van der Waals surface area contributed by atoms with E-state index in [1.807, 2.05) is 6.07 Å². The summed E-state index contributed by atoms with van der Waals surface area (Å²) in [7, 11) is 1.58. The minimum absolute atomic E-state index is 0.214. The van der Waals surface area contributed by atoms with Crippen LogP contribution in [0.15, 0.2) is 16.6 Å². The van der Waals surface area contributed by atoms with Gasteiger partial charge in [0, 0.05) is 42.3 Å². The van der Waals surface area contributed by atoms with Crippen molar-refractivity contribution in [1.29, 1.82) is 0 Å². The van der Waals surface area contributed by atoms with Gasteiger partial charge in [-0.05, 0) is 18.6 Å². The number of benzene rings is 1. The van der Waals surface area contributed by atoms with Crippen LogP contribution in [-0.4, -0.2) is 43.3 Å². The highest BCUT2D eigenvalue weighted by molar-refractivity contribution is 9.10. The van der Waals surface area contributed by atoms with Gasteiger partial charge >= 0.3 is 0 Å². The standard InChI is InChI=1S/C14H21BrN2O2/c1-3-11(17-8-6-16-7-9-17)13-10(15)4-5-12(19-2)14(13)18/h4-5,11,16,18H,3,6-9H2,1-2H3/t11-/m1/s1. The summed E-state index contributed by atoms with van der Waals surface area (Å²) < 4.78 is 6.16. The molecule has 0 radical (unpaired) electrons. The lowest BCUT2D eigenvalue weighted by Gasteiger charge is -2.35. The fourth-order valence-electron chi connectivity index (χ4n) is 2.68. The van der Waals surface area contributed by atoms with Gasteiger partial charge in [-0.2, -0.15) is 0 Å². The van der Waals surface area contributed by atoms with Crippen molar-refractivity contribution in [1.82, 2.24) is 10.2 Å². The second-order valence-electron chi connectivity index (χ2n) is 4.72. The SMILES string of the molecule is CC[C@H](c1c(Br)ccc(OC)c1O)N1CCNCC1. The second kappa shape index (κ2) is 6.59. The quantitative estimate of drug-likeness (QED) is 0.891. The number of nitrogens with zero attached hydrogens (tertiary/aromatic N) is 1. The van der Waals surface area contributed by atoms with Gasteiger partial charge in [0.2, 0.25) is 0 Å². The van der Waals surface area contributed by atoms with E-state index in [9.17, 15) is 5.11 Å². The Kier molecular flexibility index (Phi) is 5.07. The number of hydrogen-bond donors (Lipinski definition) is 2. The monoisotopic (exact) mass is 328 g/mol. The first kappa shape index (κ1) is 14.6. The zero-order valence-electron chi connectivity index (χ0n) is 11.4. The van der Waals surface area contributed by atoms with Crippen molar-refractivity contribution in [2.75, 3.05) is 33.3 Å². The molecular weight excluding hydrogens is 308 g/mol. The average Bonchev–Trinajstić information content (AvgIpc) is 2.44. The third-order valence-electron chi connectivity index (χ3n) is 3.66. The van der Waals surface area contributed by atoms with Gasteiger partial charge in [0.15, 0.2) is 11.5 Å². The fourth-order valence-corrected chi connectivity index (χ4v) is 3.27. The van der Waals surface area contributed by atoms with Crippen LogP contribution in [0.3, 0.4) is 0 Å². The van der Waals surface area contributed by atoms with Crippen LogP contribution in [0.1, 0.15) is 24.9 Å². The molecule has 1 fully saturated rings. The van der Waals surface area contributed by atoms with E-state index < -0.39 is 0 Å². The van der Waals surface area contributed by atoms with E-state index in [1.54, 1.807) is 13.2 Å². The summed E-state index contributed by atoms with van der Waals surface area (Å²) in [6.07, 6.45) is 0.958. The average molecular weight is 329 g/mol. The molecule has 4 nitrogen and oxygen atoms in total. The maximum Gasteiger partial charge on any atom is 0.163 e. The van der Waals surface area contributed by atoms with Gasteiger partial charge in [-0.3, -0.25) is 4.90 Å². The molecule has 0 aliphatic carbocycles. The Morgan fingerprint density at radius 3 is 2.68 bits per heavy atom. The summed E-state index contributed by atoms with van der Waals surface area (Å²) in [6.45, 7) is 6.15. The lowest BCUT2D eigenvalue weighted by Crippen LogP contribution is -2.45. The van der Waals surface area contributed by atoms with Crippen molar-refractivity contribution in [2.45, 2.75) is 19.4 Å². The maximum absolute atomic E-state index is 10.4. The number of halogens is 1. The van der Waals surface area contributed by atoms with Crippen LogP contribution in [0.25, 0.3) is 0 Å². The van der Waals surface area contributed by atoms with Crippen LogP contribution in [0, 0.1) is 0 Å². The number of ether oxygens (including phenoxy) is 1. The van der Waals surface area contributed by atoms with Gasteiger partial charge in [0.1, 0.15) is 0 Å². The van der Waals surface area contributed by atoms with Crippen molar-refractivity contribution < 1.29 is 9.84 Å². The van der Waals surface area contributed by atoms with E-state index in [4.69, 9.17) is 4.74 Å². The molecule has 1 atom stereocenters. The van der Waals surface area contributed by atoms with Crippen molar-refractivity contribution in [2.24, 2.45) is 0 Å². The maximum atomic E-state index is 10.4. The lowest BCUT2D eigenvalue weighted by molar-refractivity contribution is 0.165. The Bertz CT molecular complexity index is 434. The van der Waals surface area contributed by atoms with E-state index in [1.165, 1.54) is 0 Å². The molecule has 19 heavy (non-hydrogen) atoms. The number of methoxy groups -OCH3 is 1. The predicted octanol–water partition coefficient (Wildman–Crippen LogP) is 2.52. The minimum Gasteiger partial charge on any atom is -0.504 e. The fraction of sp³-hybridized carbons (Fsp3) is 0.571. The molecule has 1 aromatic carbocycles. The van der Waals surface area contributed by atoms with Gasteiger partial charge in [0.25, 0.3) is 0 Å². The molecule has 5 heteroatoms. The summed E-state index contributed by atoms with van der Waals surface area (Å²) in [6, 6.07) is 3.94. The normalized spacial score (nSPS) is 18.3. The van der Waals surface area contributed by atoms with Crippen molar-refractivity contribution in [3.05, 3.63) is 22.2 Å². The minimum atomic E-state index is 0.214. The molecule has 1 aromatic rings. The van der Waals surface area contributed by atoms with Gasteiger partial charge in [-0.1, -0.05) is 22.9 Å². The number of nitrogens with one attached hydrogen (secondary N) is 1. The van der Waals surface area contributed by atoms with Crippen LogP contribution < -0.4 is 10.1 Å². The zero-order chi connectivity index (χ0) is 13.8. The molecule has 2 N–H and O–H groups in total. The van der Waals surface area contributed by atoms with Gasteiger partial charge in [-0.25, -0.2) is 0 Å². The molecule has 0 spiro atoms. The highest BCUT2D eigenvalue weighted by Gasteiger charge is 2.26. The van der Waals surface area contributed by atoms with Crippen LogP contribution in [-0.2, 0) is 0 Å². The number of phenolic OH excluding ortho intramolecular Hbond substituents is 1. The van der Waals surface area contributed by atoms with E-state index >= 15 is 0 Å². The Labute approximate surface area is 122 Å². The van der Waals surface area contributed by atoms with Crippen LogP contribution >= 0.6 is 15.9 Å². The van der Waals surface area contributed by atoms with Crippen LogP contribution in [0.5, 0.6) is 11.5 Å². The third kappa shape index (κ3) is 3.04. The first-order chi connectivity index (χ1) is 9.19. The highest BCUT2D eigenvalue weighted by atomic mass is 79.9. The molecule has 0 bridgehead atoms. The smallest absolute Gasteiger partial charge is 0.163 e. The largest absolute Gasteiger partial charge is 0.504 e. The first-order valence-electron chi connectivity index (χ1n) is 6.69. The van der Waals surface area contributed by atoms with Crippen molar-refractivity contribution in [3.63, 3.8) is 0 Å². The number of phenols is 1.